The number of hydrogen-bond donors (Lipinski definition) is 0. The van der Waals surface area contributed by atoms with Gasteiger partial charge in [-0.25, -0.2) is 8.42 Å². The highest BCUT2D eigenvalue weighted by Crippen LogP contribution is 2.24. The van der Waals surface area contributed by atoms with E-state index < -0.39 is 10.0 Å². The molecule has 1 heterocycles. The van der Waals surface area contributed by atoms with E-state index in [0.717, 1.165) is 30.5 Å². The van der Waals surface area contributed by atoms with E-state index in [9.17, 15) is 13.2 Å². The summed E-state index contributed by atoms with van der Waals surface area (Å²) < 4.78 is 27.6. The molecule has 144 valence electrons. The number of aryl methyl sites for hydroxylation is 1. The first-order chi connectivity index (χ1) is 12.9. The number of sulfonamides is 1. The molecule has 6 heteroatoms. The van der Waals surface area contributed by atoms with Crippen molar-refractivity contribution in [2.45, 2.75) is 38.0 Å². The second-order valence-electron chi connectivity index (χ2n) is 6.89. The van der Waals surface area contributed by atoms with Gasteiger partial charge in [-0.1, -0.05) is 24.3 Å². The average Bonchev–Trinajstić information content (AvgIpc) is 3.06. The van der Waals surface area contributed by atoms with E-state index in [1.165, 1.54) is 4.31 Å². The lowest BCUT2D eigenvalue weighted by Crippen LogP contribution is -2.30. The summed E-state index contributed by atoms with van der Waals surface area (Å²) in [6.45, 7) is 5.67. The van der Waals surface area contributed by atoms with Gasteiger partial charge in [0.25, 0.3) is 10.0 Å². The molecule has 5 nitrogen and oxygen atoms in total. The van der Waals surface area contributed by atoms with Crippen LogP contribution < -0.4 is 4.31 Å². The molecule has 1 amide bonds. The fourth-order valence-electron chi connectivity index (χ4n) is 3.43. The van der Waals surface area contributed by atoms with Crippen LogP contribution in [0.3, 0.4) is 0 Å². The van der Waals surface area contributed by atoms with Crippen LogP contribution in [0.25, 0.3) is 0 Å². The summed E-state index contributed by atoms with van der Waals surface area (Å²) in [5.74, 6) is 0.214. The van der Waals surface area contributed by atoms with E-state index >= 15 is 0 Å². The molecule has 0 unspecified atom stereocenters. The zero-order valence-corrected chi connectivity index (χ0v) is 16.7. The van der Waals surface area contributed by atoms with Crippen LogP contribution in [-0.4, -0.2) is 38.9 Å². The van der Waals surface area contributed by atoms with Gasteiger partial charge in [0, 0.05) is 26.1 Å². The van der Waals surface area contributed by atoms with Crippen molar-refractivity contribution in [1.29, 1.82) is 0 Å². The number of rotatable bonds is 7. The van der Waals surface area contributed by atoms with Crippen LogP contribution in [-0.2, 0) is 21.2 Å². The minimum Gasteiger partial charge on any atom is -0.342 e. The van der Waals surface area contributed by atoms with Crippen LogP contribution in [0.5, 0.6) is 0 Å². The molecule has 1 aliphatic heterocycles. The number of benzene rings is 2. The van der Waals surface area contributed by atoms with Crippen molar-refractivity contribution in [2.24, 2.45) is 0 Å². The van der Waals surface area contributed by atoms with Gasteiger partial charge >= 0.3 is 0 Å². The Balaban J connectivity index is 1.75. The normalized spacial score (nSPS) is 14.6. The van der Waals surface area contributed by atoms with Gasteiger partial charge in [0.2, 0.25) is 5.91 Å². The fraction of sp³-hybridized carbons (Fsp3) is 0.381. The van der Waals surface area contributed by atoms with Gasteiger partial charge < -0.3 is 4.90 Å². The predicted octanol–water partition coefficient (Wildman–Crippen LogP) is 3.38. The Bertz CT molecular complexity index is 907. The highest BCUT2D eigenvalue weighted by molar-refractivity contribution is 7.92. The minimum absolute atomic E-state index is 0.214. The number of likely N-dealkylation sites (tertiary alicyclic amines) is 1. The molecule has 0 N–H and O–H groups in total. The molecule has 0 saturated carbocycles. The lowest BCUT2D eigenvalue weighted by molar-refractivity contribution is -0.127. The minimum atomic E-state index is -3.61. The highest BCUT2D eigenvalue weighted by atomic mass is 32.2. The molecule has 0 radical (unpaired) electrons. The number of carbonyl (C=O) groups is 1. The molecule has 0 aliphatic carbocycles. The number of hydrogen-bond acceptors (Lipinski definition) is 3. The third-order valence-corrected chi connectivity index (χ3v) is 6.85. The first-order valence-electron chi connectivity index (χ1n) is 9.38. The summed E-state index contributed by atoms with van der Waals surface area (Å²) in [6.07, 6.45) is 2.31. The SMILES string of the molecule is CCN(c1cccc(C)c1)S(=O)(=O)c1ccc(CCN2CCCC2=O)cc1. The van der Waals surface area contributed by atoms with Gasteiger partial charge in [-0.2, -0.15) is 0 Å². The van der Waals surface area contributed by atoms with Crippen molar-refractivity contribution >= 4 is 21.6 Å². The van der Waals surface area contributed by atoms with Crippen LogP contribution in [0.4, 0.5) is 5.69 Å². The first-order valence-corrected chi connectivity index (χ1v) is 10.8. The Morgan fingerprint density at radius 3 is 2.44 bits per heavy atom. The van der Waals surface area contributed by atoms with Gasteiger partial charge in [-0.3, -0.25) is 9.10 Å². The molecule has 1 saturated heterocycles. The highest BCUT2D eigenvalue weighted by Gasteiger charge is 2.24. The summed E-state index contributed by atoms with van der Waals surface area (Å²) in [5.41, 5.74) is 2.73. The Kier molecular flexibility index (Phi) is 5.85. The first kappa shape index (κ1) is 19.4. The molecule has 2 aromatic rings. The predicted molar refractivity (Wildman–Crippen MR) is 107 cm³/mol. The van der Waals surface area contributed by atoms with Gasteiger partial charge in [-0.05, 0) is 62.1 Å². The molecular weight excluding hydrogens is 360 g/mol. The van der Waals surface area contributed by atoms with Crippen molar-refractivity contribution < 1.29 is 13.2 Å². The molecule has 27 heavy (non-hydrogen) atoms. The molecule has 1 fully saturated rings. The van der Waals surface area contributed by atoms with E-state index in [1.54, 1.807) is 12.1 Å². The number of amides is 1. The zero-order valence-electron chi connectivity index (χ0n) is 15.9. The van der Waals surface area contributed by atoms with E-state index in [2.05, 4.69) is 0 Å². The summed E-state index contributed by atoms with van der Waals surface area (Å²) in [6, 6.07) is 14.5. The molecule has 0 spiro atoms. The van der Waals surface area contributed by atoms with E-state index in [-0.39, 0.29) is 10.8 Å². The zero-order chi connectivity index (χ0) is 19.4. The molecule has 0 atom stereocenters. The molecule has 3 rings (SSSR count). The third-order valence-electron chi connectivity index (χ3n) is 4.93. The van der Waals surface area contributed by atoms with Crippen molar-refractivity contribution in [3.05, 3.63) is 59.7 Å². The topological polar surface area (TPSA) is 57.7 Å². The second kappa shape index (κ2) is 8.13. The van der Waals surface area contributed by atoms with Gasteiger partial charge in [-0.15, -0.1) is 0 Å². The van der Waals surface area contributed by atoms with Crippen molar-refractivity contribution in [2.75, 3.05) is 23.9 Å². The maximum Gasteiger partial charge on any atom is 0.264 e. The van der Waals surface area contributed by atoms with Crippen LogP contribution in [0, 0.1) is 6.92 Å². The van der Waals surface area contributed by atoms with Gasteiger partial charge in [0.15, 0.2) is 0 Å². The standard InChI is InChI=1S/C21H26N2O3S/c1-3-23(19-7-4-6-17(2)16-19)27(25,26)20-11-9-18(10-12-20)13-15-22-14-5-8-21(22)24/h4,6-7,9-12,16H,3,5,8,13-15H2,1-2H3. The Labute approximate surface area is 161 Å². The second-order valence-corrected chi connectivity index (χ2v) is 8.75. The van der Waals surface area contributed by atoms with E-state index in [0.29, 0.717) is 25.2 Å². The quantitative estimate of drug-likeness (QED) is 0.733. The van der Waals surface area contributed by atoms with Gasteiger partial charge in [0.05, 0.1) is 10.6 Å². The Hall–Kier alpha value is -2.34. The monoisotopic (exact) mass is 386 g/mol. The smallest absolute Gasteiger partial charge is 0.264 e. The maximum absolute atomic E-state index is 13.1. The van der Waals surface area contributed by atoms with Crippen molar-refractivity contribution in [1.82, 2.24) is 4.90 Å². The average molecular weight is 387 g/mol. The van der Waals surface area contributed by atoms with Crippen LogP contribution in [0.15, 0.2) is 53.4 Å². The fourth-order valence-corrected chi connectivity index (χ4v) is 4.90. The van der Waals surface area contributed by atoms with E-state index in [4.69, 9.17) is 0 Å². The van der Waals surface area contributed by atoms with Crippen LogP contribution in [0.1, 0.15) is 30.9 Å². The summed E-state index contributed by atoms with van der Waals surface area (Å²) in [4.78, 5) is 13.8. The molecular formula is C21H26N2O3S. The number of anilines is 1. The van der Waals surface area contributed by atoms with E-state index in [1.807, 2.05) is 55.1 Å². The van der Waals surface area contributed by atoms with Crippen molar-refractivity contribution in [3.8, 4) is 0 Å². The maximum atomic E-state index is 13.1. The van der Waals surface area contributed by atoms with Crippen LogP contribution in [0.2, 0.25) is 0 Å². The molecule has 1 aliphatic rings. The summed E-state index contributed by atoms with van der Waals surface area (Å²) in [5, 5.41) is 0. The molecule has 0 bridgehead atoms. The summed E-state index contributed by atoms with van der Waals surface area (Å²) in [7, 11) is -3.61. The number of carbonyl (C=O) groups excluding carboxylic acids is 1. The lowest BCUT2D eigenvalue weighted by Gasteiger charge is -2.23. The lowest BCUT2D eigenvalue weighted by atomic mass is 10.1. The number of nitrogens with zero attached hydrogens (tertiary/aromatic N) is 2. The summed E-state index contributed by atoms with van der Waals surface area (Å²) >= 11 is 0. The third kappa shape index (κ3) is 4.33. The molecule has 0 aromatic heterocycles. The molecule has 2 aromatic carbocycles. The Morgan fingerprint density at radius 2 is 1.85 bits per heavy atom. The Morgan fingerprint density at radius 1 is 1.11 bits per heavy atom. The largest absolute Gasteiger partial charge is 0.342 e. The van der Waals surface area contributed by atoms with Gasteiger partial charge in [0.1, 0.15) is 0 Å². The van der Waals surface area contributed by atoms with Crippen LogP contribution >= 0.6 is 0 Å². The van der Waals surface area contributed by atoms with Crippen molar-refractivity contribution in [3.63, 3.8) is 0 Å².